The summed E-state index contributed by atoms with van der Waals surface area (Å²) < 4.78 is 0. The van der Waals surface area contributed by atoms with E-state index in [9.17, 15) is 0 Å². The monoisotopic (exact) mass is 260 g/mol. The first-order valence-corrected chi connectivity index (χ1v) is 7.56. The summed E-state index contributed by atoms with van der Waals surface area (Å²) in [7, 11) is 4.47. The second kappa shape index (κ2) is 6.53. The van der Waals surface area contributed by atoms with Gasteiger partial charge in [-0.05, 0) is 39.4 Å². The first-order chi connectivity index (χ1) is 9.12. The van der Waals surface area contributed by atoms with Gasteiger partial charge >= 0.3 is 0 Å². The van der Waals surface area contributed by atoms with Crippen molar-refractivity contribution < 1.29 is 0 Å². The van der Waals surface area contributed by atoms with Gasteiger partial charge in [0.15, 0.2) is 0 Å². The van der Waals surface area contributed by atoms with Crippen LogP contribution in [0.3, 0.4) is 0 Å². The van der Waals surface area contributed by atoms with Crippen LogP contribution in [0, 0.1) is 6.92 Å². The van der Waals surface area contributed by atoms with Crippen LogP contribution in [0.1, 0.15) is 43.2 Å². The van der Waals surface area contributed by atoms with E-state index < -0.39 is 0 Å². The van der Waals surface area contributed by atoms with Gasteiger partial charge in [0.1, 0.15) is 0 Å². The van der Waals surface area contributed by atoms with Crippen LogP contribution in [0.25, 0.3) is 0 Å². The topological polar surface area (TPSA) is 15.3 Å². The van der Waals surface area contributed by atoms with Gasteiger partial charge in [-0.25, -0.2) is 0 Å². The normalized spacial score (nSPS) is 18.7. The molecule has 1 aromatic rings. The fraction of sp³-hybridized carbons (Fsp3) is 0.647. The molecule has 2 nitrogen and oxygen atoms in total. The van der Waals surface area contributed by atoms with E-state index in [1.807, 2.05) is 0 Å². The maximum atomic E-state index is 3.67. The summed E-state index contributed by atoms with van der Waals surface area (Å²) in [6.45, 7) is 4.23. The molecule has 2 heteroatoms. The average molecular weight is 260 g/mol. The third-order valence-corrected chi connectivity index (χ3v) is 4.64. The number of rotatable bonds is 5. The van der Waals surface area contributed by atoms with Crippen molar-refractivity contribution in [3.05, 3.63) is 35.4 Å². The lowest BCUT2D eigenvalue weighted by Gasteiger charge is -2.43. The molecule has 1 saturated carbocycles. The second-order valence-corrected chi connectivity index (χ2v) is 6.27. The van der Waals surface area contributed by atoms with Gasteiger partial charge in [-0.3, -0.25) is 0 Å². The van der Waals surface area contributed by atoms with Crippen LogP contribution in [0.15, 0.2) is 24.3 Å². The van der Waals surface area contributed by atoms with Gasteiger partial charge in [-0.2, -0.15) is 0 Å². The molecule has 19 heavy (non-hydrogen) atoms. The third kappa shape index (κ3) is 3.80. The molecule has 0 unspecified atom stereocenters. The van der Waals surface area contributed by atoms with Gasteiger partial charge < -0.3 is 10.2 Å². The van der Waals surface area contributed by atoms with Crippen LogP contribution >= 0.6 is 0 Å². The van der Waals surface area contributed by atoms with Gasteiger partial charge in [0.2, 0.25) is 0 Å². The summed E-state index contributed by atoms with van der Waals surface area (Å²) in [5.74, 6) is 0. The van der Waals surface area contributed by atoms with Gasteiger partial charge in [0.25, 0.3) is 0 Å². The lowest BCUT2D eigenvalue weighted by Crippen LogP contribution is -2.52. The van der Waals surface area contributed by atoms with Gasteiger partial charge in [-0.1, -0.05) is 49.1 Å². The molecule has 0 atom stereocenters. The molecule has 1 N–H and O–H groups in total. The molecule has 1 aliphatic carbocycles. The van der Waals surface area contributed by atoms with Gasteiger partial charge in [0, 0.05) is 18.6 Å². The Balaban J connectivity index is 1.87. The molecule has 1 aromatic carbocycles. The molecule has 0 aliphatic heterocycles. The molecular weight excluding hydrogens is 232 g/mol. The van der Waals surface area contributed by atoms with E-state index in [0.717, 1.165) is 13.1 Å². The number of benzene rings is 1. The lowest BCUT2D eigenvalue weighted by atomic mass is 9.80. The predicted molar refractivity (Wildman–Crippen MR) is 82.4 cm³/mol. The molecular formula is C17H28N2. The SMILES string of the molecule is Cc1ccc(CNCC2(N(C)C)CCCCC2)cc1. The van der Waals surface area contributed by atoms with Gasteiger partial charge in [0.05, 0.1) is 0 Å². The predicted octanol–water partition coefficient (Wildman–Crippen LogP) is 3.35. The Bertz CT molecular complexity index is 375. The molecule has 0 aromatic heterocycles. The number of likely N-dealkylation sites (N-methyl/N-ethyl adjacent to an activating group) is 1. The highest BCUT2D eigenvalue weighted by Crippen LogP contribution is 2.31. The minimum absolute atomic E-state index is 0.378. The first kappa shape index (κ1) is 14.5. The largest absolute Gasteiger partial charge is 0.311 e. The molecule has 0 saturated heterocycles. The van der Waals surface area contributed by atoms with Crippen LogP contribution in [0.2, 0.25) is 0 Å². The Morgan fingerprint density at radius 3 is 2.26 bits per heavy atom. The summed E-state index contributed by atoms with van der Waals surface area (Å²) in [6.07, 6.45) is 6.84. The molecule has 0 heterocycles. The zero-order valence-electron chi connectivity index (χ0n) is 12.7. The van der Waals surface area contributed by atoms with E-state index in [-0.39, 0.29) is 0 Å². The number of aryl methyl sites for hydroxylation is 1. The quantitative estimate of drug-likeness (QED) is 0.873. The number of hydrogen-bond acceptors (Lipinski definition) is 2. The Hall–Kier alpha value is -0.860. The lowest BCUT2D eigenvalue weighted by molar-refractivity contribution is 0.0984. The van der Waals surface area contributed by atoms with Gasteiger partial charge in [-0.15, -0.1) is 0 Å². The minimum atomic E-state index is 0.378. The fourth-order valence-electron chi connectivity index (χ4n) is 3.14. The van der Waals surface area contributed by atoms with E-state index in [2.05, 4.69) is 55.5 Å². The highest BCUT2D eigenvalue weighted by Gasteiger charge is 2.33. The molecule has 0 amide bonds. The van der Waals surface area contributed by atoms with Crippen molar-refractivity contribution in [1.29, 1.82) is 0 Å². The van der Waals surface area contributed by atoms with Crippen molar-refractivity contribution in [3.8, 4) is 0 Å². The molecule has 1 aliphatic rings. The van der Waals surface area contributed by atoms with Crippen molar-refractivity contribution in [3.63, 3.8) is 0 Å². The summed E-state index contributed by atoms with van der Waals surface area (Å²) in [4.78, 5) is 2.44. The Kier molecular flexibility index (Phi) is 5.00. The van der Waals surface area contributed by atoms with E-state index >= 15 is 0 Å². The zero-order chi connectivity index (χ0) is 13.7. The van der Waals surface area contributed by atoms with E-state index in [1.165, 1.54) is 43.2 Å². The maximum absolute atomic E-state index is 3.67. The van der Waals surface area contributed by atoms with Crippen molar-refractivity contribution in [1.82, 2.24) is 10.2 Å². The van der Waals surface area contributed by atoms with Crippen LogP contribution in [-0.4, -0.2) is 31.1 Å². The van der Waals surface area contributed by atoms with Crippen molar-refractivity contribution in [2.24, 2.45) is 0 Å². The van der Waals surface area contributed by atoms with Crippen LogP contribution in [-0.2, 0) is 6.54 Å². The number of hydrogen-bond donors (Lipinski definition) is 1. The van der Waals surface area contributed by atoms with Crippen molar-refractivity contribution >= 4 is 0 Å². The minimum Gasteiger partial charge on any atom is -0.311 e. The highest BCUT2D eigenvalue weighted by molar-refractivity contribution is 5.21. The Morgan fingerprint density at radius 1 is 1.05 bits per heavy atom. The summed E-state index contributed by atoms with van der Waals surface area (Å²) in [5.41, 5.74) is 3.10. The smallest absolute Gasteiger partial charge is 0.0328 e. The summed E-state index contributed by atoms with van der Waals surface area (Å²) in [6, 6.07) is 8.84. The van der Waals surface area contributed by atoms with Crippen molar-refractivity contribution in [2.75, 3.05) is 20.6 Å². The van der Waals surface area contributed by atoms with Crippen molar-refractivity contribution in [2.45, 2.75) is 51.1 Å². The molecule has 0 spiro atoms. The molecule has 106 valence electrons. The molecule has 1 fully saturated rings. The zero-order valence-corrected chi connectivity index (χ0v) is 12.7. The van der Waals surface area contributed by atoms with Crippen LogP contribution < -0.4 is 5.32 Å². The standard InChI is InChI=1S/C17H28N2/c1-15-7-9-16(10-8-15)13-18-14-17(19(2)3)11-5-4-6-12-17/h7-10,18H,4-6,11-14H2,1-3H3. The van der Waals surface area contributed by atoms with E-state index in [0.29, 0.717) is 5.54 Å². The maximum Gasteiger partial charge on any atom is 0.0328 e. The molecule has 0 radical (unpaired) electrons. The number of nitrogens with zero attached hydrogens (tertiary/aromatic N) is 1. The Labute approximate surface area is 118 Å². The Morgan fingerprint density at radius 2 is 1.68 bits per heavy atom. The van der Waals surface area contributed by atoms with Crippen LogP contribution in [0.5, 0.6) is 0 Å². The fourth-order valence-corrected chi connectivity index (χ4v) is 3.14. The summed E-state index contributed by atoms with van der Waals surface area (Å²) in [5, 5.41) is 3.67. The average Bonchev–Trinajstić information content (AvgIpc) is 2.42. The van der Waals surface area contributed by atoms with Crippen LogP contribution in [0.4, 0.5) is 0 Å². The number of nitrogens with one attached hydrogen (secondary N) is 1. The highest BCUT2D eigenvalue weighted by atomic mass is 15.2. The molecule has 0 bridgehead atoms. The third-order valence-electron chi connectivity index (χ3n) is 4.64. The van der Waals surface area contributed by atoms with E-state index in [1.54, 1.807) is 0 Å². The second-order valence-electron chi connectivity index (χ2n) is 6.27. The van der Waals surface area contributed by atoms with E-state index in [4.69, 9.17) is 0 Å². The summed E-state index contributed by atoms with van der Waals surface area (Å²) >= 11 is 0. The first-order valence-electron chi connectivity index (χ1n) is 7.56. The molecule has 2 rings (SSSR count).